The molecule has 0 bridgehead atoms. The van der Waals surface area contributed by atoms with Crippen LogP contribution in [0.1, 0.15) is 12.1 Å². The highest BCUT2D eigenvalue weighted by Gasteiger charge is 2.38. The second-order valence-electron chi connectivity index (χ2n) is 6.04. The molecule has 1 fully saturated rings. The predicted octanol–water partition coefficient (Wildman–Crippen LogP) is 2.02. The molecular weight excluding hydrogens is 362 g/mol. The van der Waals surface area contributed by atoms with Gasteiger partial charge < -0.3 is 10.0 Å². The number of nitrogens with zero attached hydrogens (tertiary/aromatic N) is 2. The van der Waals surface area contributed by atoms with Crippen molar-refractivity contribution in [3.05, 3.63) is 41.4 Å². The molecule has 0 radical (unpaired) electrons. The summed E-state index contributed by atoms with van der Waals surface area (Å²) in [5.41, 5.74) is 1.77. The van der Waals surface area contributed by atoms with Gasteiger partial charge >= 0.3 is 6.09 Å². The molecule has 2 N–H and O–H groups in total. The lowest BCUT2D eigenvalue weighted by atomic mass is 10.1. The highest BCUT2D eigenvalue weighted by Crippen LogP contribution is 2.27. The van der Waals surface area contributed by atoms with Gasteiger partial charge in [0, 0.05) is 30.0 Å². The number of rotatable bonds is 5. The zero-order chi connectivity index (χ0) is 18.0. The van der Waals surface area contributed by atoms with E-state index in [-0.39, 0.29) is 0 Å². The highest BCUT2D eigenvalue weighted by molar-refractivity contribution is 7.88. The van der Waals surface area contributed by atoms with Crippen LogP contribution in [0.15, 0.2) is 35.7 Å². The Bertz CT molecular complexity index is 851. The molecule has 1 amide bonds. The van der Waals surface area contributed by atoms with Crippen molar-refractivity contribution in [1.82, 2.24) is 14.6 Å². The van der Waals surface area contributed by atoms with Gasteiger partial charge in [-0.05, 0) is 6.42 Å². The lowest BCUT2D eigenvalue weighted by Gasteiger charge is -2.25. The fraction of sp³-hybridized carbons (Fsp3) is 0.375. The fourth-order valence-corrected chi connectivity index (χ4v) is 4.75. The van der Waals surface area contributed by atoms with Crippen LogP contribution >= 0.6 is 11.3 Å². The van der Waals surface area contributed by atoms with Crippen molar-refractivity contribution in [3.63, 3.8) is 0 Å². The Labute approximate surface area is 150 Å². The van der Waals surface area contributed by atoms with E-state index >= 15 is 0 Å². The molecule has 0 spiro atoms. The molecule has 1 aromatic carbocycles. The number of aromatic nitrogens is 1. The zero-order valence-electron chi connectivity index (χ0n) is 13.6. The SMILES string of the molecule is CS(=O)(=O)N[C@@H]1CCN(C(=O)O)[C@@H]1Cc1csc(-c2ccccc2)n1. The van der Waals surface area contributed by atoms with Gasteiger partial charge in [-0.3, -0.25) is 0 Å². The first-order valence-electron chi connectivity index (χ1n) is 7.80. The van der Waals surface area contributed by atoms with Crippen LogP contribution in [0.4, 0.5) is 4.79 Å². The summed E-state index contributed by atoms with van der Waals surface area (Å²) in [6.45, 7) is 0.308. The van der Waals surface area contributed by atoms with Crippen LogP contribution in [0.2, 0.25) is 0 Å². The van der Waals surface area contributed by atoms with Crippen molar-refractivity contribution in [2.75, 3.05) is 12.8 Å². The summed E-state index contributed by atoms with van der Waals surface area (Å²) in [5, 5.41) is 12.2. The molecule has 1 aromatic heterocycles. The molecule has 2 heterocycles. The number of hydrogen-bond acceptors (Lipinski definition) is 5. The standard InChI is InChI=1S/C16H19N3O4S2/c1-25(22,23)18-13-7-8-19(16(20)21)14(13)9-12-10-24-15(17-12)11-5-3-2-4-6-11/h2-6,10,13-14,18H,7-9H2,1H3,(H,20,21)/t13-,14-/m1/s1. The Morgan fingerprint density at radius 2 is 2.12 bits per heavy atom. The van der Waals surface area contributed by atoms with E-state index in [2.05, 4.69) is 9.71 Å². The first kappa shape index (κ1) is 17.8. The number of amides is 1. The van der Waals surface area contributed by atoms with Gasteiger partial charge in [0.05, 0.1) is 18.0 Å². The molecule has 0 unspecified atom stereocenters. The molecule has 9 heteroatoms. The maximum atomic E-state index is 11.6. The number of likely N-dealkylation sites (tertiary alicyclic amines) is 1. The Balaban J connectivity index is 1.80. The molecule has 2 atom stereocenters. The van der Waals surface area contributed by atoms with Gasteiger partial charge in [-0.15, -0.1) is 11.3 Å². The van der Waals surface area contributed by atoms with Gasteiger partial charge in [0.25, 0.3) is 0 Å². The molecule has 1 aliphatic heterocycles. The third-order valence-corrected chi connectivity index (χ3v) is 5.82. The molecule has 0 saturated carbocycles. The van der Waals surface area contributed by atoms with E-state index in [4.69, 9.17) is 0 Å². The van der Waals surface area contributed by atoms with E-state index in [0.29, 0.717) is 19.4 Å². The van der Waals surface area contributed by atoms with Crippen LogP contribution in [0.25, 0.3) is 10.6 Å². The average Bonchev–Trinajstić information content (AvgIpc) is 3.15. The molecule has 1 aliphatic rings. The van der Waals surface area contributed by atoms with Crippen LogP contribution in [-0.4, -0.2) is 54.4 Å². The van der Waals surface area contributed by atoms with Crippen molar-refractivity contribution < 1.29 is 18.3 Å². The molecule has 134 valence electrons. The highest BCUT2D eigenvalue weighted by atomic mass is 32.2. The molecule has 0 aliphatic carbocycles. The van der Waals surface area contributed by atoms with Crippen molar-refractivity contribution in [2.24, 2.45) is 0 Å². The van der Waals surface area contributed by atoms with E-state index in [9.17, 15) is 18.3 Å². The normalized spacial score (nSPS) is 20.8. The smallest absolute Gasteiger partial charge is 0.407 e. The van der Waals surface area contributed by atoms with Crippen LogP contribution in [0.3, 0.4) is 0 Å². The summed E-state index contributed by atoms with van der Waals surface area (Å²) in [7, 11) is -3.41. The Morgan fingerprint density at radius 3 is 2.76 bits per heavy atom. The molecule has 1 saturated heterocycles. The largest absolute Gasteiger partial charge is 0.465 e. The maximum Gasteiger partial charge on any atom is 0.407 e. The Kier molecular flexibility index (Phi) is 5.07. The van der Waals surface area contributed by atoms with E-state index in [1.54, 1.807) is 0 Å². The van der Waals surface area contributed by atoms with Crippen molar-refractivity contribution in [1.29, 1.82) is 0 Å². The number of thiazole rings is 1. The summed E-state index contributed by atoms with van der Waals surface area (Å²) in [4.78, 5) is 17.4. The zero-order valence-corrected chi connectivity index (χ0v) is 15.3. The number of hydrogen-bond donors (Lipinski definition) is 2. The summed E-state index contributed by atoms with van der Waals surface area (Å²) >= 11 is 1.49. The lowest BCUT2D eigenvalue weighted by molar-refractivity contribution is 0.137. The Hall–Kier alpha value is -1.97. The number of sulfonamides is 1. The van der Waals surface area contributed by atoms with E-state index in [0.717, 1.165) is 22.5 Å². The lowest BCUT2D eigenvalue weighted by Crippen LogP contribution is -2.47. The third-order valence-electron chi connectivity index (χ3n) is 4.15. The number of nitrogens with one attached hydrogen (secondary N) is 1. The first-order valence-corrected chi connectivity index (χ1v) is 10.6. The van der Waals surface area contributed by atoms with Gasteiger partial charge in [-0.1, -0.05) is 30.3 Å². The van der Waals surface area contributed by atoms with Gasteiger partial charge in [0.2, 0.25) is 10.0 Å². The first-order chi connectivity index (χ1) is 11.8. The maximum absolute atomic E-state index is 11.6. The minimum atomic E-state index is -3.41. The summed E-state index contributed by atoms with van der Waals surface area (Å²) in [5.74, 6) is 0. The Morgan fingerprint density at radius 1 is 1.40 bits per heavy atom. The van der Waals surface area contributed by atoms with Crippen LogP contribution in [0.5, 0.6) is 0 Å². The molecule has 3 rings (SSSR count). The third kappa shape index (κ3) is 4.36. The van der Waals surface area contributed by atoms with Crippen molar-refractivity contribution in [2.45, 2.75) is 24.9 Å². The molecular formula is C16H19N3O4S2. The monoisotopic (exact) mass is 381 g/mol. The summed E-state index contributed by atoms with van der Waals surface area (Å²) in [6, 6.07) is 8.84. The van der Waals surface area contributed by atoms with Crippen LogP contribution in [-0.2, 0) is 16.4 Å². The topological polar surface area (TPSA) is 99.6 Å². The van der Waals surface area contributed by atoms with Crippen molar-refractivity contribution >= 4 is 27.5 Å². The average molecular weight is 381 g/mol. The van der Waals surface area contributed by atoms with E-state index in [1.165, 1.54) is 16.2 Å². The minimum absolute atomic E-state index is 0.308. The number of carbonyl (C=O) groups is 1. The number of benzene rings is 1. The van der Waals surface area contributed by atoms with Gasteiger partial charge in [-0.2, -0.15) is 0 Å². The molecule has 7 nitrogen and oxygen atoms in total. The molecule has 25 heavy (non-hydrogen) atoms. The van der Waals surface area contributed by atoms with E-state index < -0.39 is 28.2 Å². The molecule has 2 aromatic rings. The van der Waals surface area contributed by atoms with Crippen molar-refractivity contribution in [3.8, 4) is 10.6 Å². The second-order valence-corrected chi connectivity index (χ2v) is 8.68. The van der Waals surface area contributed by atoms with Gasteiger partial charge in [0.1, 0.15) is 5.01 Å². The quantitative estimate of drug-likeness (QED) is 0.825. The van der Waals surface area contributed by atoms with Gasteiger partial charge in [0.15, 0.2) is 0 Å². The fourth-order valence-electron chi connectivity index (χ4n) is 3.08. The van der Waals surface area contributed by atoms with Crippen LogP contribution < -0.4 is 4.72 Å². The summed E-state index contributed by atoms with van der Waals surface area (Å²) in [6.07, 6.45) is 0.883. The van der Waals surface area contributed by atoms with E-state index in [1.807, 2.05) is 35.7 Å². The number of carboxylic acid groups (broad SMARTS) is 1. The van der Waals surface area contributed by atoms with Gasteiger partial charge in [-0.25, -0.2) is 22.9 Å². The predicted molar refractivity (Wildman–Crippen MR) is 96.2 cm³/mol. The second kappa shape index (κ2) is 7.11. The summed E-state index contributed by atoms with van der Waals surface area (Å²) < 4.78 is 25.7. The van der Waals surface area contributed by atoms with Crippen LogP contribution in [0, 0.1) is 0 Å². The minimum Gasteiger partial charge on any atom is -0.465 e.